The van der Waals surface area contributed by atoms with Crippen molar-refractivity contribution in [1.82, 2.24) is 15.5 Å². The Bertz CT molecular complexity index is 264. The van der Waals surface area contributed by atoms with Gasteiger partial charge in [0.05, 0.1) is 6.04 Å². The standard InChI is InChI=1S/C14H27N3O/c1-12-6-8-15-13(12)14(18)16-7-5-11-17-9-3-2-4-10-17/h12-13,15H,2-11H2,1H3,(H,16,18). The van der Waals surface area contributed by atoms with Crippen molar-refractivity contribution in [2.75, 3.05) is 32.7 Å². The highest BCUT2D eigenvalue weighted by atomic mass is 16.2. The first-order chi connectivity index (χ1) is 8.77. The minimum Gasteiger partial charge on any atom is -0.355 e. The zero-order valence-corrected chi connectivity index (χ0v) is 11.6. The highest BCUT2D eigenvalue weighted by Gasteiger charge is 2.28. The van der Waals surface area contributed by atoms with Crippen LogP contribution in [0, 0.1) is 5.92 Å². The van der Waals surface area contributed by atoms with Gasteiger partial charge in [-0.2, -0.15) is 0 Å². The second kappa shape index (κ2) is 7.10. The molecule has 0 aromatic rings. The van der Waals surface area contributed by atoms with E-state index in [1.807, 2.05) is 0 Å². The molecule has 2 aliphatic rings. The smallest absolute Gasteiger partial charge is 0.237 e. The second-order valence-electron chi connectivity index (χ2n) is 5.74. The van der Waals surface area contributed by atoms with Gasteiger partial charge in [0.1, 0.15) is 0 Å². The highest BCUT2D eigenvalue weighted by Crippen LogP contribution is 2.14. The molecule has 4 heteroatoms. The molecular formula is C14H27N3O. The minimum atomic E-state index is 0.0417. The summed E-state index contributed by atoms with van der Waals surface area (Å²) in [6, 6.07) is 0.0417. The van der Waals surface area contributed by atoms with E-state index >= 15 is 0 Å². The number of amides is 1. The minimum absolute atomic E-state index is 0.0417. The highest BCUT2D eigenvalue weighted by molar-refractivity contribution is 5.82. The summed E-state index contributed by atoms with van der Waals surface area (Å²) in [5.41, 5.74) is 0. The van der Waals surface area contributed by atoms with Crippen LogP contribution < -0.4 is 10.6 Å². The number of nitrogens with one attached hydrogen (secondary N) is 2. The number of nitrogens with zero attached hydrogens (tertiary/aromatic N) is 1. The van der Waals surface area contributed by atoms with Crippen LogP contribution in [0.2, 0.25) is 0 Å². The summed E-state index contributed by atoms with van der Waals surface area (Å²) < 4.78 is 0. The Kier molecular flexibility index (Phi) is 5.45. The number of piperidine rings is 1. The van der Waals surface area contributed by atoms with E-state index in [1.54, 1.807) is 0 Å². The van der Waals surface area contributed by atoms with Gasteiger partial charge >= 0.3 is 0 Å². The van der Waals surface area contributed by atoms with Crippen LogP contribution in [0.5, 0.6) is 0 Å². The van der Waals surface area contributed by atoms with E-state index in [4.69, 9.17) is 0 Å². The Balaban J connectivity index is 1.56. The molecule has 0 spiro atoms. The lowest BCUT2D eigenvalue weighted by molar-refractivity contribution is -0.123. The van der Waals surface area contributed by atoms with E-state index in [0.29, 0.717) is 5.92 Å². The van der Waals surface area contributed by atoms with Gasteiger partial charge in [-0.05, 0) is 57.8 Å². The molecule has 2 unspecified atom stereocenters. The van der Waals surface area contributed by atoms with Gasteiger partial charge in [-0.3, -0.25) is 4.79 Å². The molecule has 2 rings (SSSR count). The Morgan fingerprint density at radius 2 is 2.11 bits per heavy atom. The third-order valence-corrected chi connectivity index (χ3v) is 4.21. The van der Waals surface area contributed by atoms with Gasteiger partial charge < -0.3 is 15.5 Å². The van der Waals surface area contributed by atoms with Gasteiger partial charge in [-0.15, -0.1) is 0 Å². The lowest BCUT2D eigenvalue weighted by Gasteiger charge is -2.26. The van der Waals surface area contributed by atoms with Crippen LogP contribution in [0.1, 0.15) is 39.0 Å². The molecular weight excluding hydrogens is 226 g/mol. The second-order valence-corrected chi connectivity index (χ2v) is 5.74. The zero-order valence-electron chi connectivity index (χ0n) is 11.6. The maximum Gasteiger partial charge on any atom is 0.237 e. The zero-order chi connectivity index (χ0) is 12.8. The first-order valence-electron chi connectivity index (χ1n) is 7.51. The number of hydrogen-bond acceptors (Lipinski definition) is 3. The molecule has 1 amide bonds. The molecule has 0 aliphatic carbocycles. The van der Waals surface area contributed by atoms with Crippen molar-refractivity contribution in [2.24, 2.45) is 5.92 Å². The molecule has 4 nitrogen and oxygen atoms in total. The average Bonchev–Trinajstić information content (AvgIpc) is 2.82. The van der Waals surface area contributed by atoms with Crippen LogP contribution in [0.25, 0.3) is 0 Å². The molecule has 2 fully saturated rings. The van der Waals surface area contributed by atoms with Gasteiger partial charge in [0, 0.05) is 6.54 Å². The van der Waals surface area contributed by atoms with E-state index < -0.39 is 0 Å². The van der Waals surface area contributed by atoms with Crippen molar-refractivity contribution in [2.45, 2.75) is 45.1 Å². The van der Waals surface area contributed by atoms with E-state index in [-0.39, 0.29) is 11.9 Å². The summed E-state index contributed by atoms with van der Waals surface area (Å²) in [4.78, 5) is 14.4. The van der Waals surface area contributed by atoms with E-state index in [2.05, 4.69) is 22.5 Å². The van der Waals surface area contributed by atoms with E-state index in [0.717, 1.165) is 32.5 Å². The van der Waals surface area contributed by atoms with Gasteiger partial charge in [-0.25, -0.2) is 0 Å². The normalized spacial score (nSPS) is 29.4. The van der Waals surface area contributed by atoms with Crippen molar-refractivity contribution >= 4 is 5.91 Å². The van der Waals surface area contributed by atoms with Crippen LogP contribution >= 0.6 is 0 Å². The van der Waals surface area contributed by atoms with Crippen LogP contribution in [0.3, 0.4) is 0 Å². The van der Waals surface area contributed by atoms with Crippen LogP contribution in [0.4, 0.5) is 0 Å². The Morgan fingerprint density at radius 3 is 2.78 bits per heavy atom. The summed E-state index contributed by atoms with van der Waals surface area (Å²) in [5.74, 6) is 0.672. The van der Waals surface area contributed by atoms with Gasteiger partial charge in [0.2, 0.25) is 5.91 Å². The molecule has 0 aromatic carbocycles. The molecule has 2 N–H and O–H groups in total. The average molecular weight is 253 g/mol. The van der Waals surface area contributed by atoms with Gasteiger partial charge in [0.15, 0.2) is 0 Å². The summed E-state index contributed by atoms with van der Waals surface area (Å²) in [5, 5.41) is 6.34. The largest absolute Gasteiger partial charge is 0.355 e. The Morgan fingerprint density at radius 1 is 1.33 bits per heavy atom. The van der Waals surface area contributed by atoms with Crippen molar-refractivity contribution in [1.29, 1.82) is 0 Å². The first-order valence-corrected chi connectivity index (χ1v) is 7.51. The third-order valence-electron chi connectivity index (χ3n) is 4.21. The summed E-state index contributed by atoms with van der Waals surface area (Å²) in [6.45, 7) is 7.57. The molecule has 2 aliphatic heterocycles. The summed E-state index contributed by atoms with van der Waals surface area (Å²) in [7, 11) is 0. The maximum atomic E-state index is 11.9. The molecule has 2 atom stereocenters. The molecule has 18 heavy (non-hydrogen) atoms. The van der Waals surface area contributed by atoms with Crippen molar-refractivity contribution in [3.8, 4) is 0 Å². The van der Waals surface area contributed by atoms with Crippen LogP contribution in [-0.2, 0) is 4.79 Å². The number of likely N-dealkylation sites (tertiary alicyclic amines) is 1. The maximum absolute atomic E-state index is 11.9. The van der Waals surface area contributed by atoms with Crippen LogP contribution in [0.15, 0.2) is 0 Å². The van der Waals surface area contributed by atoms with Crippen LogP contribution in [-0.4, -0.2) is 49.6 Å². The Labute approximate surface area is 110 Å². The Hall–Kier alpha value is -0.610. The predicted molar refractivity (Wildman–Crippen MR) is 73.5 cm³/mol. The van der Waals surface area contributed by atoms with Crippen molar-refractivity contribution in [3.05, 3.63) is 0 Å². The lowest BCUT2D eigenvalue weighted by atomic mass is 10.0. The lowest BCUT2D eigenvalue weighted by Crippen LogP contribution is -2.44. The molecule has 104 valence electrons. The SMILES string of the molecule is CC1CCNC1C(=O)NCCCN1CCCCC1. The first kappa shape index (κ1) is 13.8. The number of carbonyl (C=O) groups is 1. The number of carbonyl (C=O) groups excluding carboxylic acids is 1. The van der Waals surface area contributed by atoms with Gasteiger partial charge in [0.25, 0.3) is 0 Å². The molecule has 0 bridgehead atoms. The number of hydrogen-bond donors (Lipinski definition) is 2. The summed E-state index contributed by atoms with van der Waals surface area (Å²) in [6.07, 6.45) is 6.27. The third kappa shape index (κ3) is 3.95. The predicted octanol–water partition coefficient (Wildman–Crippen LogP) is 0.977. The van der Waals surface area contributed by atoms with Crippen molar-refractivity contribution in [3.63, 3.8) is 0 Å². The summed E-state index contributed by atoms with van der Waals surface area (Å²) >= 11 is 0. The monoisotopic (exact) mass is 253 g/mol. The fourth-order valence-electron chi connectivity index (χ4n) is 2.99. The molecule has 0 aromatic heterocycles. The molecule has 2 heterocycles. The van der Waals surface area contributed by atoms with Gasteiger partial charge in [-0.1, -0.05) is 13.3 Å². The van der Waals surface area contributed by atoms with E-state index in [1.165, 1.54) is 32.4 Å². The molecule has 0 saturated carbocycles. The molecule has 2 saturated heterocycles. The fraction of sp³-hybridized carbons (Fsp3) is 0.929. The topological polar surface area (TPSA) is 44.4 Å². The van der Waals surface area contributed by atoms with E-state index in [9.17, 15) is 4.79 Å². The quantitative estimate of drug-likeness (QED) is 0.718. The molecule has 0 radical (unpaired) electrons. The van der Waals surface area contributed by atoms with Crippen molar-refractivity contribution < 1.29 is 4.79 Å². The fourth-order valence-corrected chi connectivity index (χ4v) is 2.99. The number of rotatable bonds is 5.